The number of primary amides is 1. The van der Waals surface area contributed by atoms with Crippen LogP contribution in [0, 0.1) is 11.3 Å². The normalized spacial score (nSPS) is 13.4. The molecule has 0 aromatic heterocycles. The number of carboxylic acids is 1. The van der Waals surface area contributed by atoms with Crippen molar-refractivity contribution < 1.29 is 19.5 Å². The smallest absolute Gasteiger partial charge is 0.304 e. The van der Waals surface area contributed by atoms with Gasteiger partial charge in [0.2, 0.25) is 5.91 Å². The largest absolute Gasteiger partial charge is 0.481 e. The third-order valence-corrected chi connectivity index (χ3v) is 1.78. The number of carbonyl (C=O) groups is 3. The number of nitrogens with two attached hydrogens (primary N) is 1. The Balaban J connectivity index is 4.76. The average molecular weight is 201 g/mol. The third kappa shape index (κ3) is 3.55. The second-order valence-electron chi connectivity index (χ2n) is 4.17. The van der Waals surface area contributed by atoms with Crippen LogP contribution in [-0.4, -0.2) is 22.8 Å². The lowest BCUT2D eigenvalue weighted by molar-refractivity contribution is -0.146. The maximum atomic E-state index is 11.6. The van der Waals surface area contributed by atoms with E-state index < -0.39 is 35.4 Å². The summed E-state index contributed by atoms with van der Waals surface area (Å²) in [5.74, 6) is -3.75. The van der Waals surface area contributed by atoms with Crippen molar-refractivity contribution >= 4 is 17.7 Å². The molecule has 1 unspecified atom stereocenters. The number of Topliss-reactive ketones (excluding diaryl/α,β-unsaturated/α-hetero) is 1. The molecule has 5 heteroatoms. The van der Waals surface area contributed by atoms with Crippen LogP contribution in [0.4, 0.5) is 0 Å². The highest BCUT2D eigenvalue weighted by atomic mass is 16.4. The van der Waals surface area contributed by atoms with Crippen molar-refractivity contribution in [3.63, 3.8) is 0 Å². The van der Waals surface area contributed by atoms with E-state index in [1.165, 1.54) is 0 Å². The van der Waals surface area contributed by atoms with Gasteiger partial charge in [-0.3, -0.25) is 14.4 Å². The molecule has 0 radical (unpaired) electrons. The van der Waals surface area contributed by atoms with Gasteiger partial charge in [-0.1, -0.05) is 20.8 Å². The maximum Gasteiger partial charge on any atom is 0.304 e. The number of carboxylic acid groups (broad SMARTS) is 1. The molecule has 80 valence electrons. The van der Waals surface area contributed by atoms with Gasteiger partial charge in [-0.15, -0.1) is 0 Å². The predicted molar refractivity (Wildman–Crippen MR) is 49.4 cm³/mol. The van der Waals surface area contributed by atoms with Crippen LogP contribution in [0.25, 0.3) is 0 Å². The lowest BCUT2D eigenvalue weighted by Crippen LogP contribution is -2.38. The van der Waals surface area contributed by atoms with Crippen molar-refractivity contribution in [3.8, 4) is 0 Å². The summed E-state index contributed by atoms with van der Waals surface area (Å²) in [6.07, 6.45) is -0.536. The summed E-state index contributed by atoms with van der Waals surface area (Å²) in [6.45, 7) is 4.85. The number of amides is 1. The van der Waals surface area contributed by atoms with Gasteiger partial charge >= 0.3 is 5.97 Å². The van der Waals surface area contributed by atoms with E-state index in [-0.39, 0.29) is 0 Å². The molecule has 0 bridgehead atoms. The van der Waals surface area contributed by atoms with Crippen molar-refractivity contribution in [2.45, 2.75) is 27.2 Å². The van der Waals surface area contributed by atoms with E-state index in [1.807, 2.05) is 0 Å². The molecule has 5 nitrogen and oxygen atoms in total. The molecule has 0 saturated heterocycles. The number of aliphatic carboxylic acids is 1. The van der Waals surface area contributed by atoms with Gasteiger partial charge in [0.25, 0.3) is 0 Å². The molecule has 0 aliphatic rings. The van der Waals surface area contributed by atoms with Crippen LogP contribution in [-0.2, 0) is 14.4 Å². The molecule has 0 aromatic carbocycles. The highest BCUT2D eigenvalue weighted by molar-refractivity contribution is 6.05. The van der Waals surface area contributed by atoms with E-state index in [0.29, 0.717) is 0 Å². The van der Waals surface area contributed by atoms with Gasteiger partial charge in [0.15, 0.2) is 5.78 Å². The standard InChI is InChI=1S/C9H15NO4/c1-9(2,3)7(13)5(8(10)14)4-6(11)12/h5H,4H2,1-3H3,(H2,10,14)(H,11,12). The predicted octanol–water partition coefficient (Wildman–Crippen LogP) is 0.178. The Morgan fingerprint density at radius 3 is 1.93 bits per heavy atom. The summed E-state index contributed by atoms with van der Waals surface area (Å²) in [7, 11) is 0. The highest BCUT2D eigenvalue weighted by Gasteiger charge is 2.34. The van der Waals surface area contributed by atoms with E-state index in [4.69, 9.17) is 10.8 Å². The van der Waals surface area contributed by atoms with E-state index in [2.05, 4.69) is 0 Å². The summed E-state index contributed by atoms with van der Waals surface area (Å²) >= 11 is 0. The first-order valence-electron chi connectivity index (χ1n) is 4.21. The Hall–Kier alpha value is -1.39. The number of hydrogen-bond acceptors (Lipinski definition) is 3. The molecule has 14 heavy (non-hydrogen) atoms. The summed E-state index contributed by atoms with van der Waals surface area (Å²) in [6, 6.07) is 0. The Kier molecular flexibility index (Phi) is 3.80. The summed E-state index contributed by atoms with van der Waals surface area (Å²) in [4.78, 5) is 32.8. The Morgan fingerprint density at radius 1 is 1.29 bits per heavy atom. The Morgan fingerprint density at radius 2 is 1.71 bits per heavy atom. The van der Waals surface area contributed by atoms with Crippen molar-refractivity contribution in [2.75, 3.05) is 0 Å². The molecule has 0 aliphatic carbocycles. The van der Waals surface area contributed by atoms with E-state index in [0.717, 1.165) is 0 Å². The van der Waals surface area contributed by atoms with Crippen LogP contribution in [0.3, 0.4) is 0 Å². The fourth-order valence-corrected chi connectivity index (χ4v) is 1.02. The fraction of sp³-hybridized carbons (Fsp3) is 0.667. The summed E-state index contributed by atoms with van der Waals surface area (Å²) < 4.78 is 0. The number of rotatable bonds is 4. The maximum absolute atomic E-state index is 11.6. The topological polar surface area (TPSA) is 97.5 Å². The van der Waals surface area contributed by atoms with E-state index in [1.54, 1.807) is 20.8 Å². The van der Waals surface area contributed by atoms with Crippen molar-refractivity contribution in [1.82, 2.24) is 0 Å². The third-order valence-electron chi connectivity index (χ3n) is 1.78. The van der Waals surface area contributed by atoms with Gasteiger partial charge in [0, 0.05) is 5.41 Å². The van der Waals surface area contributed by atoms with Crippen LogP contribution in [0.5, 0.6) is 0 Å². The molecule has 0 rings (SSSR count). The first-order valence-corrected chi connectivity index (χ1v) is 4.21. The van der Waals surface area contributed by atoms with Gasteiger partial charge in [0.1, 0.15) is 5.92 Å². The molecule has 1 atom stereocenters. The van der Waals surface area contributed by atoms with Crippen LogP contribution >= 0.6 is 0 Å². The Labute approximate surface area is 82.3 Å². The Bertz CT molecular complexity index is 264. The fourth-order valence-electron chi connectivity index (χ4n) is 1.02. The SMILES string of the molecule is CC(C)(C)C(=O)C(CC(=O)O)C(N)=O. The molecule has 1 amide bonds. The lowest BCUT2D eigenvalue weighted by Gasteiger charge is -2.21. The van der Waals surface area contributed by atoms with E-state index in [9.17, 15) is 14.4 Å². The number of ketones is 1. The van der Waals surface area contributed by atoms with Gasteiger partial charge in [-0.05, 0) is 0 Å². The van der Waals surface area contributed by atoms with Crippen LogP contribution in [0.15, 0.2) is 0 Å². The zero-order chi connectivity index (χ0) is 11.5. The quantitative estimate of drug-likeness (QED) is 0.634. The summed E-state index contributed by atoms with van der Waals surface area (Å²) in [5.41, 5.74) is 4.20. The molecule has 0 aliphatic heterocycles. The van der Waals surface area contributed by atoms with Gasteiger partial charge in [-0.25, -0.2) is 0 Å². The molecule has 0 saturated carbocycles. The first-order chi connectivity index (χ1) is 6.16. The van der Waals surface area contributed by atoms with Crippen LogP contribution in [0.1, 0.15) is 27.2 Å². The van der Waals surface area contributed by atoms with Gasteiger partial charge in [-0.2, -0.15) is 0 Å². The molecule has 0 spiro atoms. The van der Waals surface area contributed by atoms with Crippen molar-refractivity contribution in [2.24, 2.45) is 17.1 Å². The van der Waals surface area contributed by atoms with Crippen LogP contribution < -0.4 is 5.73 Å². The van der Waals surface area contributed by atoms with Crippen molar-refractivity contribution in [1.29, 1.82) is 0 Å². The molecule has 0 fully saturated rings. The number of hydrogen-bond donors (Lipinski definition) is 2. The zero-order valence-electron chi connectivity index (χ0n) is 8.53. The minimum Gasteiger partial charge on any atom is -0.481 e. The minimum atomic E-state index is -1.23. The second kappa shape index (κ2) is 4.21. The molecular formula is C9H15NO4. The monoisotopic (exact) mass is 201 g/mol. The van der Waals surface area contributed by atoms with E-state index >= 15 is 0 Å². The molecule has 3 N–H and O–H groups in total. The molecule has 0 aromatic rings. The second-order valence-corrected chi connectivity index (χ2v) is 4.17. The van der Waals surface area contributed by atoms with Gasteiger partial charge < -0.3 is 10.8 Å². The molecule has 0 heterocycles. The molecular weight excluding hydrogens is 186 g/mol. The van der Waals surface area contributed by atoms with Crippen molar-refractivity contribution in [3.05, 3.63) is 0 Å². The lowest BCUT2D eigenvalue weighted by atomic mass is 9.81. The first kappa shape index (κ1) is 12.6. The zero-order valence-corrected chi connectivity index (χ0v) is 8.53. The average Bonchev–Trinajstić information content (AvgIpc) is 1.96. The van der Waals surface area contributed by atoms with Gasteiger partial charge in [0.05, 0.1) is 6.42 Å². The highest BCUT2D eigenvalue weighted by Crippen LogP contribution is 2.22. The number of carbonyl (C=O) groups excluding carboxylic acids is 2. The minimum absolute atomic E-state index is 0.438. The van der Waals surface area contributed by atoms with Crippen LogP contribution in [0.2, 0.25) is 0 Å². The summed E-state index contributed by atoms with van der Waals surface area (Å²) in [5, 5.41) is 8.49.